The average Bonchev–Trinajstić information content (AvgIpc) is 3.13. The van der Waals surface area contributed by atoms with E-state index in [1.54, 1.807) is 41.1 Å². The molecule has 0 fully saturated rings. The Morgan fingerprint density at radius 2 is 1.53 bits per heavy atom. The van der Waals surface area contributed by atoms with Gasteiger partial charge < -0.3 is 5.11 Å². The SMILES string of the molecule is Cn1nc(CC2C(=O)N(CC(=O)O)c3ccccc3N(c3ccccc3)C2=O)c2ccccc21. The molecule has 0 saturated carbocycles. The van der Waals surface area contributed by atoms with Crippen LogP contribution in [0.15, 0.2) is 78.9 Å². The minimum Gasteiger partial charge on any atom is -0.480 e. The van der Waals surface area contributed by atoms with Crippen LogP contribution in [0.4, 0.5) is 17.1 Å². The molecule has 1 unspecified atom stereocenters. The van der Waals surface area contributed by atoms with Crippen molar-refractivity contribution in [2.75, 3.05) is 16.3 Å². The van der Waals surface area contributed by atoms with Crippen LogP contribution in [-0.4, -0.2) is 39.2 Å². The molecule has 34 heavy (non-hydrogen) atoms. The Balaban J connectivity index is 1.68. The summed E-state index contributed by atoms with van der Waals surface area (Å²) in [7, 11) is 1.81. The number of carbonyl (C=O) groups is 3. The quantitative estimate of drug-likeness (QED) is 0.466. The molecule has 0 radical (unpaired) electrons. The summed E-state index contributed by atoms with van der Waals surface area (Å²) < 4.78 is 1.72. The van der Waals surface area contributed by atoms with E-state index in [1.165, 1.54) is 9.80 Å². The summed E-state index contributed by atoms with van der Waals surface area (Å²) in [5.41, 5.74) is 2.93. The number of aliphatic carboxylic acids is 1. The predicted octanol–water partition coefficient (Wildman–Crippen LogP) is 3.53. The van der Waals surface area contributed by atoms with Crippen LogP contribution in [0.25, 0.3) is 10.9 Å². The third kappa shape index (κ3) is 3.59. The highest BCUT2D eigenvalue weighted by molar-refractivity contribution is 6.21. The number of amides is 2. The zero-order chi connectivity index (χ0) is 23.8. The number of rotatable bonds is 5. The summed E-state index contributed by atoms with van der Waals surface area (Å²) in [6.07, 6.45) is 0.0481. The summed E-state index contributed by atoms with van der Waals surface area (Å²) in [5.74, 6) is -3.30. The number of carboxylic acid groups (broad SMARTS) is 1. The maximum atomic E-state index is 14.0. The molecule has 3 aromatic carbocycles. The Morgan fingerprint density at radius 1 is 0.882 bits per heavy atom. The normalized spacial score (nSPS) is 16.0. The van der Waals surface area contributed by atoms with Gasteiger partial charge in [0, 0.05) is 24.5 Å². The van der Waals surface area contributed by atoms with E-state index in [0.29, 0.717) is 22.8 Å². The molecule has 1 aliphatic rings. The van der Waals surface area contributed by atoms with Gasteiger partial charge in [-0.3, -0.25) is 28.9 Å². The molecule has 2 amide bonds. The molecule has 0 saturated heterocycles. The molecule has 0 spiro atoms. The number of benzene rings is 3. The van der Waals surface area contributed by atoms with Crippen LogP contribution in [0.5, 0.6) is 0 Å². The van der Waals surface area contributed by atoms with Crippen LogP contribution in [0, 0.1) is 5.92 Å². The van der Waals surface area contributed by atoms with Gasteiger partial charge in [0.15, 0.2) is 0 Å². The van der Waals surface area contributed by atoms with Crippen molar-refractivity contribution in [1.29, 1.82) is 0 Å². The minimum absolute atomic E-state index is 0.0481. The number of aryl methyl sites for hydroxylation is 1. The lowest BCUT2D eigenvalue weighted by Gasteiger charge is -2.25. The van der Waals surface area contributed by atoms with E-state index in [1.807, 2.05) is 49.5 Å². The van der Waals surface area contributed by atoms with E-state index in [-0.39, 0.29) is 6.42 Å². The molecule has 8 nitrogen and oxygen atoms in total. The molecular weight excluding hydrogens is 432 g/mol. The van der Waals surface area contributed by atoms with Crippen molar-refractivity contribution in [2.45, 2.75) is 6.42 Å². The fraction of sp³-hybridized carbons (Fsp3) is 0.154. The highest BCUT2D eigenvalue weighted by Crippen LogP contribution is 2.40. The van der Waals surface area contributed by atoms with E-state index < -0.39 is 30.2 Å². The van der Waals surface area contributed by atoms with Gasteiger partial charge in [-0.2, -0.15) is 5.10 Å². The van der Waals surface area contributed by atoms with Crippen molar-refractivity contribution in [1.82, 2.24) is 9.78 Å². The average molecular weight is 454 g/mol. The molecule has 4 aromatic rings. The lowest BCUT2D eigenvalue weighted by Crippen LogP contribution is -2.43. The molecule has 1 aromatic heterocycles. The maximum absolute atomic E-state index is 14.0. The number of para-hydroxylation sites is 4. The van der Waals surface area contributed by atoms with E-state index >= 15 is 0 Å². The number of carbonyl (C=O) groups excluding carboxylic acids is 2. The topological polar surface area (TPSA) is 95.7 Å². The largest absolute Gasteiger partial charge is 0.480 e. The second-order valence-electron chi connectivity index (χ2n) is 8.16. The third-order valence-corrected chi connectivity index (χ3v) is 6.04. The van der Waals surface area contributed by atoms with Gasteiger partial charge in [0.1, 0.15) is 12.5 Å². The number of hydrogen-bond acceptors (Lipinski definition) is 4. The zero-order valence-corrected chi connectivity index (χ0v) is 18.5. The van der Waals surface area contributed by atoms with Crippen LogP contribution < -0.4 is 9.80 Å². The number of nitrogens with zero attached hydrogens (tertiary/aromatic N) is 4. The molecule has 1 aliphatic heterocycles. The van der Waals surface area contributed by atoms with Gasteiger partial charge in [-0.05, 0) is 30.3 Å². The van der Waals surface area contributed by atoms with Crippen LogP contribution in [0.1, 0.15) is 5.69 Å². The van der Waals surface area contributed by atoms with Gasteiger partial charge in [0.2, 0.25) is 11.8 Å². The Bertz CT molecular complexity index is 1410. The fourth-order valence-corrected chi connectivity index (χ4v) is 4.52. The van der Waals surface area contributed by atoms with E-state index in [4.69, 9.17) is 0 Å². The number of aromatic nitrogens is 2. The molecule has 1 N–H and O–H groups in total. The summed E-state index contributed by atoms with van der Waals surface area (Å²) in [6, 6.07) is 23.5. The molecule has 1 atom stereocenters. The standard InChI is InChI=1S/C26H22N4O4/c1-28-21-12-6-5-11-18(21)20(27-28)15-19-25(33)29(16-24(31)32)22-13-7-8-14-23(22)30(26(19)34)17-9-3-2-4-10-17/h2-14,19H,15-16H2,1H3,(H,31,32). The molecule has 2 heterocycles. The summed E-state index contributed by atoms with van der Waals surface area (Å²) >= 11 is 0. The van der Waals surface area contributed by atoms with Crippen molar-refractivity contribution < 1.29 is 19.5 Å². The smallest absolute Gasteiger partial charge is 0.323 e. The van der Waals surface area contributed by atoms with Gasteiger partial charge in [0.05, 0.1) is 22.6 Å². The first-order valence-corrected chi connectivity index (χ1v) is 10.9. The highest BCUT2D eigenvalue weighted by atomic mass is 16.4. The van der Waals surface area contributed by atoms with E-state index in [9.17, 15) is 19.5 Å². The Kier molecular flexibility index (Phi) is 5.33. The van der Waals surface area contributed by atoms with Gasteiger partial charge in [-0.15, -0.1) is 0 Å². The number of anilines is 3. The highest BCUT2D eigenvalue weighted by Gasteiger charge is 2.42. The number of hydrogen-bond donors (Lipinski definition) is 1. The first-order valence-electron chi connectivity index (χ1n) is 10.9. The lowest BCUT2D eigenvalue weighted by molar-refractivity contribution is -0.138. The molecule has 170 valence electrons. The first-order chi connectivity index (χ1) is 16.5. The minimum atomic E-state index is -1.16. The number of fused-ring (bicyclic) bond motifs is 2. The van der Waals surface area contributed by atoms with Gasteiger partial charge in [-0.1, -0.05) is 48.5 Å². The number of carboxylic acids is 1. The Hall–Kier alpha value is -4.46. The summed E-state index contributed by atoms with van der Waals surface area (Å²) in [5, 5.41) is 15.0. The van der Waals surface area contributed by atoms with Crippen LogP contribution in [-0.2, 0) is 27.9 Å². The molecule has 5 rings (SSSR count). The molecule has 8 heteroatoms. The van der Waals surface area contributed by atoms with Crippen LogP contribution in [0.2, 0.25) is 0 Å². The summed E-state index contributed by atoms with van der Waals surface area (Å²) in [4.78, 5) is 42.1. The third-order valence-electron chi connectivity index (χ3n) is 6.04. The van der Waals surface area contributed by atoms with E-state index in [0.717, 1.165) is 10.9 Å². The van der Waals surface area contributed by atoms with E-state index in [2.05, 4.69) is 5.10 Å². The van der Waals surface area contributed by atoms with Crippen molar-refractivity contribution in [3.05, 3.63) is 84.6 Å². The maximum Gasteiger partial charge on any atom is 0.323 e. The molecule has 0 bridgehead atoms. The van der Waals surface area contributed by atoms with Gasteiger partial charge >= 0.3 is 5.97 Å². The van der Waals surface area contributed by atoms with Gasteiger partial charge in [0.25, 0.3) is 0 Å². The molecular formula is C26H22N4O4. The zero-order valence-electron chi connectivity index (χ0n) is 18.5. The predicted molar refractivity (Wildman–Crippen MR) is 128 cm³/mol. The lowest BCUT2D eigenvalue weighted by atomic mass is 9.98. The Morgan fingerprint density at radius 3 is 2.26 bits per heavy atom. The van der Waals surface area contributed by atoms with Gasteiger partial charge in [-0.25, -0.2) is 0 Å². The van der Waals surface area contributed by atoms with Crippen molar-refractivity contribution in [3.63, 3.8) is 0 Å². The second kappa shape index (κ2) is 8.47. The fourth-order valence-electron chi connectivity index (χ4n) is 4.52. The van der Waals surface area contributed by atoms with Crippen molar-refractivity contribution in [2.24, 2.45) is 13.0 Å². The van der Waals surface area contributed by atoms with Crippen LogP contribution in [0.3, 0.4) is 0 Å². The molecule has 0 aliphatic carbocycles. The Labute approximate surface area is 195 Å². The second-order valence-corrected chi connectivity index (χ2v) is 8.16. The van der Waals surface area contributed by atoms with Crippen LogP contribution >= 0.6 is 0 Å². The van der Waals surface area contributed by atoms with Crippen molar-refractivity contribution in [3.8, 4) is 0 Å². The monoisotopic (exact) mass is 454 g/mol. The van der Waals surface area contributed by atoms with Crippen molar-refractivity contribution >= 4 is 45.7 Å². The summed E-state index contributed by atoms with van der Waals surface area (Å²) in [6.45, 7) is -0.550. The first kappa shape index (κ1) is 21.4.